The van der Waals surface area contributed by atoms with Crippen LogP contribution in [-0.4, -0.2) is 174 Å². The SMILES string of the molecule is C[C@@H]1O[C@@H](O[C@@H]2[C@@H](O)[C@H](C)O[C@@H](O[C@H]3C(O)O[C@@H](C)[C@H](O)[C@H]3O)[C@@H]2O[C@@H]2O[C@@H](C)[C@H](O)[C@@H](O)[C@H]2O)[C@H](O)[C@H](O)[C@H]1O. The fraction of sp³-hybridized carbons (Fsp3) is 1.00. The molecule has 0 aliphatic carbocycles. The summed E-state index contributed by atoms with van der Waals surface area (Å²) in [4.78, 5) is 0. The van der Waals surface area contributed by atoms with Crippen LogP contribution in [0.4, 0.5) is 0 Å². The van der Waals surface area contributed by atoms with E-state index in [1.807, 2.05) is 0 Å². The summed E-state index contributed by atoms with van der Waals surface area (Å²) in [5.74, 6) is 0. The maximum Gasteiger partial charge on any atom is 0.187 e. The van der Waals surface area contributed by atoms with Crippen LogP contribution in [-0.2, 0) is 33.2 Å². The molecule has 0 saturated carbocycles. The molecule has 4 saturated heterocycles. The van der Waals surface area contributed by atoms with Gasteiger partial charge in [0.25, 0.3) is 0 Å². The molecule has 17 heteroatoms. The molecule has 0 bridgehead atoms. The average Bonchev–Trinajstić information content (AvgIpc) is 2.92. The largest absolute Gasteiger partial charge is 0.388 e. The van der Waals surface area contributed by atoms with E-state index < -0.39 is 123 Å². The molecule has 4 rings (SSSR count). The average molecular weight is 603 g/mol. The summed E-state index contributed by atoms with van der Waals surface area (Å²) < 4.78 is 39.5. The van der Waals surface area contributed by atoms with Crippen molar-refractivity contribution in [1.82, 2.24) is 0 Å². The number of aliphatic hydroxyl groups excluding tert-OH is 10. The van der Waals surface area contributed by atoms with E-state index in [0.717, 1.165) is 0 Å². The van der Waals surface area contributed by atoms with Gasteiger partial charge in [0, 0.05) is 0 Å². The third-order valence-electron chi connectivity index (χ3n) is 8.05. The van der Waals surface area contributed by atoms with E-state index in [4.69, 9.17) is 33.2 Å². The van der Waals surface area contributed by atoms with E-state index in [1.54, 1.807) is 0 Å². The van der Waals surface area contributed by atoms with Crippen molar-refractivity contribution in [2.24, 2.45) is 0 Å². The summed E-state index contributed by atoms with van der Waals surface area (Å²) in [6, 6.07) is 0. The van der Waals surface area contributed by atoms with Gasteiger partial charge in [-0.05, 0) is 27.7 Å². The molecule has 0 aromatic rings. The first-order valence-electron chi connectivity index (χ1n) is 13.5. The Morgan fingerprint density at radius 1 is 0.341 bits per heavy atom. The van der Waals surface area contributed by atoms with E-state index in [9.17, 15) is 51.1 Å². The van der Waals surface area contributed by atoms with E-state index >= 15 is 0 Å². The highest BCUT2D eigenvalue weighted by Gasteiger charge is 2.55. The molecule has 0 radical (unpaired) electrons. The first-order valence-corrected chi connectivity index (χ1v) is 13.5. The van der Waals surface area contributed by atoms with Crippen molar-refractivity contribution in [2.45, 2.75) is 151 Å². The summed E-state index contributed by atoms with van der Waals surface area (Å²) in [6.45, 7) is 5.66. The van der Waals surface area contributed by atoms with Crippen molar-refractivity contribution in [1.29, 1.82) is 0 Å². The molecular formula is C24H42O17. The normalized spacial score (nSPS) is 56.9. The first kappa shape index (κ1) is 33.2. The first-order chi connectivity index (χ1) is 19.1. The van der Waals surface area contributed by atoms with Gasteiger partial charge in [-0.15, -0.1) is 0 Å². The van der Waals surface area contributed by atoms with Crippen molar-refractivity contribution in [3.05, 3.63) is 0 Å². The monoisotopic (exact) mass is 602 g/mol. The lowest BCUT2D eigenvalue weighted by atomic mass is 9.96. The van der Waals surface area contributed by atoms with Crippen LogP contribution >= 0.6 is 0 Å². The molecular weight excluding hydrogens is 560 g/mol. The molecule has 240 valence electrons. The second-order valence-corrected chi connectivity index (χ2v) is 11.1. The predicted molar refractivity (Wildman–Crippen MR) is 128 cm³/mol. The molecule has 1 unspecified atom stereocenters. The molecule has 0 aromatic heterocycles. The highest BCUT2D eigenvalue weighted by atomic mass is 16.8. The topological polar surface area (TPSA) is 267 Å². The summed E-state index contributed by atoms with van der Waals surface area (Å²) in [6.07, 6.45) is -30.2. The summed E-state index contributed by atoms with van der Waals surface area (Å²) in [5, 5.41) is 104. The van der Waals surface area contributed by atoms with E-state index in [-0.39, 0.29) is 0 Å². The van der Waals surface area contributed by atoms with Gasteiger partial charge in [-0.3, -0.25) is 0 Å². The molecule has 41 heavy (non-hydrogen) atoms. The quantitative estimate of drug-likeness (QED) is 0.136. The van der Waals surface area contributed by atoms with Crippen molar-refractivity contribution >= 4 is 0 Å². The van der Waals surface area contributed by atoms with Crippen LogP contribution in [0.3, 0.4) is 0 Å². The molecule has 4 aliphatic rings. The number of aliphatic hydroxyl groups is 10. The van der Waals surface area contributed by atoms with Gasteiger partial charge in [0.15, 0.2) is 25.2 Å². The summed E-state index contributed by atoms with van der Waals surface area (Å²) in [7, 11) is 0. The maximum atomic E-state index is 11.1. The Balaban J connectivity index is 1.64. The Morgan fingerprint density at radius 2 is 0.707 bits per heavy atom. The second-order valence-electron chi connectivity index (χ2n) is 11.1. The van der Waals surface area contributed by atoms with Crippen molar-refractivity contribution < 1.29 is 84.2 Å². The Bertz CT molecular complexity index is 853. The van der Waals surface area contributed by atoms with Gasteiger partial charge in [0.2, 0.25) is 0 Å². The maximum absolute atomic E-state index is 11.1. The van der Waals surface area contributed by atoms with Gasteiger partial charge >= 0.3 is 0 Å². The van der Waals surface area contributed by atoms with Crippen molar-refractivity contribution in [2.75, 3.05) is 0 Å². The Morgan fingerprint density at radius 3 is 1.22 bits per heavy atom. The lowest BCUT2D eigenvalue weighted by molar-refractivity contribution is -0.403. The van der Waals surface area contributed by atoms with Gasteiger partial charge in [-0.2, -0.15) is 0 Å². The van der Waals surface area contributed by atoms with Crippen LogP contribution in [0.1, 0.15) is 27.7 Å². The molecule has 0 aromatic carbocycles. The van der Waals surface area contributed by atoms with Gasteiger partial charge in [-0.1, -0.05) is 0 Å². The lowest BCUT2D eigenvalue weighted by Crippen LogP contribution is -2.67. The fourth-order valence-electron chi connectivity index (χ4n) is 5.28. The van der Waals surface area contributed by atoms with Gasteiger partial charge < -0.3 is 84.2 Å². The Labute approximate surface area is 235 Å². The minimum atomic E-state index is -1.82. The van der Waals surface area contributed by atoms with Gasteiger partial charge in [0.1, 0.15) is 73.2 Å². The number of hydrogen-bond donors (Lipinski definition) is 10. The molecule has 4 heterocycles. The third kappa shape index (κ3) is 6.57. The molecule has 17 nitrogen and oxygen atoms in total. The lowest BCUT2D eigenvalue weighted by Gasteiger charge is -2.50. The summed E-state index contributed by atoms with van der Waals surface area (Å²) >= 11 is 0. The van der Waals surface area contributed by atoms with E-state index in [0.29, 0.717) is 0 Å². The fourth-order valence-corrected chi connectivity index (χ4v) is 5.28. The van der Waals surface area contributed by atoms with Crippen LogP contribution in [0.15, 0.2) is 0 Å². The predicted octanol–water partition coefficient (Wildman–Crippen LogP) is -5.64. The second kappa shape index (κ2) is 13.1. The zero-order valence-corrected chi connectivity index (χ0v) is 22.9. The minimum Gasteiger partial charge on any atom is -0.388 e. The van der Waals surface area contributed by atoms with Crippen LogP contribution in [0.25, 0.3) is 0 Å². The Hall–Kier alpha value is -0.680. The minimum absolute atomic E-state index is 0.954. The van der Waals surface area contributed by atoms with Crippen molar-refractivity contribution in [3.63, 3.8) is 0 Å². The molecule has 20 atom stereocenters. The van der Waals surface area contributed by atoms with Gasteiger partial charge in [0.05, 0.1) is 24.4 Å². The summed E-state index contributed by atoms with van der Waals surface area (Å²) in [5.41, 5.74) is 0. The number of rotatable bonds is 6. The molecule has 0 spiro atoms. The molecule has 4 fully saturated rings. The molecule has 0 amide bonds. The standard InChI is InChI=1S/C24H42O17/c1-5-11(27)15(31)19(21(34)35-5)40-24-20(41-23-17(33)14(30)10(26)7(3)37-23)18(12(28)8(4)38-24)39-22-16(32)13(29)9(25)6(2)36-22/h5-34H,1-4H3/t5-,6-,7-,8-,9-,10-,11-,12-,13+,14+,15+,16+,17+,18+,19+,20+,21?,22-,23-,24-/m0/s1. The third-order valence-corrected chi connectivity index (χ3v) is 8.05. The van der Waals surface area contributed by atoms with Crippen LogP contribution in [0.2, 0.25) is 0 Å². The zero-order chi connectivity index (χ0) is 30.5. The highest BCUT2D eigenvalue weighted by molar-refractivity contribution is 4.97. The zero-order valence-electron chi connectivity index (χ0n) is 22.9. The van der Waals surface area contributed by atoms with Crippen LogP contribution in [0, 0.1) is 0 Å². The molecule has 4 aliphatic heterocycles. The van der Waals surface area contributed by atoms with E-state index in [1.165, 1.54) is 27.7 Å². The van der Waals surface area contributed by atoms with Gasteiger partial charge in [-0.25, -0.2) is 0 Å². The van der Waals surface area contributed by atoms with E-state index in [2.05, 4.69) is 0 Å². The van der Waals surface area contributed by atoms with Crippen molar-refractivity contribution in [3.8, 4) is 0 Å². The highest BCUT2D eigenvalue weighted by Crippen LogP contribution is 2.35. The van der Waals surface area contributed by atoms with Crippen LogP contribution in [0.5, 0.6) is 0 Å². The molecule has 10 N–H and O–H groups in total. The number of hydrogen-bond acceptors (Lipinski definition) is 17. The number of ether oxygens (including phenoxy) is 7. The Kier molecular flexibility index (Phi) is 10.6. The smallest absolute Gasteiger partial charge is 0.187 e. The van der Waals surface area contributed by atoms with Crippen LogP contribution < -0.4 is 0 Å².